The van der Waals surface area contributed by atoms with Gasteiger partial charge in [0.1, 0.15) is 5.82 Å². The molecule has 0 aliphatic heterocycles. The van der Waals surface area contributed by atoms with Gasteiger partial charge in [-0.1, -0.05) is 31.1 Å². The van der Waals surface area contributed by atoms with Crippen LogP contribution in [0.4, 0.5) is 9.52 Å². The molecular weight excluding hydrogens is 235 g/mol. The van der Waals surface area contributed by atoms with Crippen molar-refractivity contribution in [2.24, 2.45) is 0 Å². The summed E-state index contributed by atoms with van der Waals surface area (Å²) in [5.41, 5.74) is 0.863. The molecule has 0 radical (unpaired) electrons. The highest BCUT2D eigenvalue weighted by atomic mass is 32.1. The molecule has 1 N–H and O–H groups in total. The Kier molecular flexibility index (Phi) is 3.94. The lowest BCUT2D eigenvalue weighted by Gasteiger charge is -2.11. The maximum atomic E-state index is 13.0. The molecule has 0 aliphatic rings. The van der Waals surface area contributed by atoms with Gasteiger partial charge in [-0.3, -0.25) is 0 Å². The number of nitrogens with one attached hydrogen (secondary N) is 1. The van der Waals surface area contributed by atoms with E-state index in [0.29, 0.717) is 6.04 Å². The Morgan fingerprint density at radius 2 is 2.29 bits per heavy atom. The van der Waals surface area contributed by atoms with Crippen molar-refractivity contribution in [3.8, 4) is 0 Å². The highest BCUT2D eigenvalue weighted by molar-refractivity contribution is 7.22. The fraction of sp³-hybridized carbons (Fsp3) is 0.462. The summed E-state index contributed by atoms with van der Waals surface area (Å²) < 4.78 is 13.9. The number of rotatable bonds is 5. The minimum Gasteiger partial charge on any atom is -0.359 e. The molecule has 0 aliphatic carbocycles. The first kappa shape index (κ1) is 12.3. The molecule has 2 rings (SSSR count). The average molecular weight is 252 g/mol. The third kappa shape index (κ3) is 3.16. The van der Waals surface area contributed by atoms with Crippen molar-refractivity contribution in [2.45, 2.75) is 39.2 Å². The van der Waals surface area contributed by atoms with Gasteiger partial charge in [-0.2, -0.15) is 0 Å². The number of aromatic nitrogens is 1. The predicted octanol–water partition coefficient (Wildman–Crippen LogP) is 4.43. The van der Waals surface area contributed by atoms with Crippen LogP contribution in [0.2, 0.25) is 0 Å². The Labute approximate surface area is 105 Å². The molecule has 2 nitrogen and oxygen atoms in total. The molecule has 1 atom stereocenters. The monoisotopic (exact) mass is 252 g/mol. The zero-order chi connectivity index (χ0) is 12.3. The first-order chi connectivity index (χ1) is 8.19. The number of anilines is 1. The first-order valence-corrected chi connectivity index (χ1v) is 6.83. The number of benzene rings is 1. The van der Waals surface area contributed by atoms with Crippen LogP contribution >= 0.6 is 11.3 Å². The van der Waals surface area contributed by atoms with E-state index in [0.717, 1.165) is 21.8 Å². The predicted molar refractivity (Wildman–Crippen MR) is 72.2 cm³/mol. The summed E-state index contributed by atoms with van der Waals surface area (Å²) in [6.45, 7) is 4.34. The lowest BCUT2D eigenvalue weighted by molar-refractivity contribution is 0.630. The summed E-state index contributed by atoms with van der Waals surface area (Å²) in [5.74, 6) is -0.202. The Morgan fingerprint density at radius 3 is 3.06 bits per heavy atom. The molecule has 1 heterocycles. The number of fused-ring (bicyclic) bond motifs is 1. The fourth-order valence-electron chi connectivity index (χ4n) is 1.75. The molecule has 1 aromatic heterocycles. The highest BCUT2D eigenvalue weighted by Crippen LogP contribution is 2.27. The van der Waals surface area contributed by atoms with E-state index in [-0.39, 0.29) is 5.82 Å². The minimum absolute atomic E-state index is 0.202. The summed E-state index contributed by atoms with van der Waals surface area (Å²) in [6.07, 6.45) is 3.56. The van der Waals surface area contributed by atoms with Crippen molar-refractivity contribution >= 4 is 26.7 Å². The van der Waals surface area contributed by atoms with E-state index in [2.05, 4.69) is 24.1 Å². The van der Waals surface area contributed by atoms with Crippen molar-refractivity contribution in [3.63, 3.8) is 0 Å². The SMILES string of the molecule is CCCCC(C)Nc1nc2ccc(F)cc2s1. The van der Waals surface area contributed by atoms with Crippen molar-refractivity contribution in [3.05, 3.63) is 24.0 Å². The van der Waals surface area contributed by atoms with Gasteiger partial charge < -0.3 is 5.32 Å². The molecule has 4 heteroatoms. The summed E-state index contributed by atoms with van der Waals surface area (Å²) >= 11 is 1.51. The normalized spacial score (nSPS) is 12.9. The molecule has 17 heavy (non-hydrogen) atoms. The summed E-state index contributed by atoms with van der Waals surface area (Å²) in [7, 11) is 0. The van der Waals surface area contributed by atoms with Gasteiger partial charge in [-0.05, 0) is 31.5 Å². The molecule has 0 amide bonds. The van der Waals surface area contributed by atoms with E-state index in [1.165, 1.54) is 36.3 Å². The number of thiazole rings is 1. The lowest BCUT2D eigenvalue weighted by atomic mass is 10.1. The maximum absolute atomic E-state index is 13.0. The van der Waals surface area contributed by atoms with E-state index in [1.807, 2.05) is 0 Å². The average Bonchev–Trinajstić information content (AvgIpc) is 2.67. The van der Waals surface area contributed by atoms with Crippen LogP contribution in [0.3, 0.4) is 0 Å². The number of halogens is 1. The Bertz CT molecular complexity index is 495. The van der Waals surface area contributed by atoms with E-state index < -0.39 is 0 Å². The molecular formula is C13H17FN2S. The summed E-state index contributed by atoms with van der Waals surface area (Å²) in [4.78, 5) is 4.44. The molecule has 0 spiro atoms. The standard InChI is InChI=1S/C13H17FN2S/c1-3-4-5-9(2)15-13-16-11-7-6-10(14)8-12(11)17-13/h6-9H,3-5H2,1-2H3,(H,15,16). The highest BCUT2D eigenvalue weighted by Gasteiger charge is 2.07. The molecule has 2 aromatic rings. The van der Waals surface area contributed by atoms with Crippen LogP contribution in [0.25, 0.3) is 10.2 Å². The van der Waals surface area contributed by atoms with Crippen LogP contribution in [0, 0.1) is 5.82 Å². The van der Waals surface area contributed by atoms with Gasteiger partial charge in [0.05, 0.1) is 10.2 Å². The second-order valence-electron chi connectivity index (χ2n) is 4.32. The molecule has 0 bridgehead atoms. The molecule has 92 valence electrons. The zero-order valence-corrected chi connectivity index (χ0v) is 11.0. The second kappa shape index (κ2) is 5.45. The van der Waals surface area contributed by atoms with Crippen LogP contribution in [-0.2, 0) is 0 Å². The van der Waals surface area contributed by atoms with Gasteiger partial charge >= 0.3 is 0 Å². The molecule has 0 fully saturated rings. The minimum atomic E-state index is -0.202. The summed E-state index contributed by atoms with van der Waals surface area (Å²) in [5, 5.41) is 4.25. The van der Waals surface area contributed by atoms with E-state index in [1.54, 1.807) is 6.07 Å². The number of unbranched alkanes of at least 4 members (excludes halogenated alkanes) is 1. The van der Waals surface area contributed by atoms with Gasteiger partial charge in [0, 0.05) is 6.04 Å². The van der Waals surface area contributed by atoms with Gasteiger partial charge in [0.25, 0.3) is 0 Å². The third-order valence-corrected chi connectivity index (χ3v) is 3.66. The smallest absolute Gasteiger partial charge is 0.184 e. The fourth-order valence-corrected chi connectivity index (χ4v) is 2.76. The van der Waals surface area contributed by atoms with Crippen LogP contribution in [-0.4, -0.2) is 11.0 Å². The largest absolute Gasteiger partial charge is 0.359 e. The molecule has 1 aromatic carbocycles. The molecule has 0 saturated heterocycles. The van der Waals surface area contributed by atoms with E-state index >= 15 is 0 Å². The van der Waals surface area contributed by atoms with Gasteiger partial charge in [0.2, 0.25) is 0 Å². The number of hydrogen-bond donors (Lipinski definition) is 1. The Hall–Kier alpha value is -1.16. The van der Waals surface area contributed by atoms with Gasteiger partial charge in [-0.15, -0.1) is 0 Å². The van der Waals surface area contributed by atoms with E-state index in [4.69, 9.17) is 0 Å². The molecule has 0 saturated carbocycles. The topological polar surface area (TPSA) is 24.9 Å². The van der Waals surface area contributed by atoms with Crippen molar-refractivity contribution < 1.29 is 4.39 Å². The van der Waals surface area contributed by atoms with E-state index in [9.17, 15) is 4.39 Å². The van der Waals surface area contributed by atoms with Crippen LogP contribution in [0.5, 0.6) is 0 Å². The van der Waals surface area contributed by atoms with Gasteiger partial charge in [0.15, 0.2) is 5.13 Å². The first-order valence-electron chi connectivity index (χ1n) is 6.01. The maximum Gasteiger partial charge on any atom is 0.184 e. The summed E-state index contributed by atoms with van der Waals surface area (Å²) in [6, 6.07) is 5.13. The van der Waals surface area contributed by atoms with Crippen molar-refractivity contribution in [1.82, 2.24) is 4.98 Å². The quantitative estimate of drug-likeness (QED) is 0.851. The third-order valence-electron chi connectivity index (χ3n) is 2.71. The van der Waals surface area contributed by atoms with Crippen molar-refractivity contribution in [2.75, 3.05) is 5.32 Å². The van der Waals surface area contributed by atoms with Crippen LogP contribution in [0.1, 0.15) is 33.1 Å². The lowest BCUT2D eigenvalue weighted by Crippen LogP contribution is -2.14. The second-order valence-corrected chi connectivity index (χ2v) is 5.35. The van der Waals surface area contributed by atoms with Crippen LogP contribution < -0.4 is 5.32 Å². The van der Waals surface area contributed by atoms with Gasteiger partial charge in [-0.25, -0.2) is 9.37 Å². The molecule has 1 unspecified atom stereocenters. The van der Waals surface area contributed by atoms with Crippen LogP contribution in [0.15, 0.2) is 18.2 Å². The zero-order valence-electron chi connectivity index (χ0n) is 10.2. The number of nitrogens with zero attached hydrogens (tertiary/aromatic N) is 1. The van der Waals surface area contributed by atoms with Crippen molar-refractivity contribution in [1.29, 1.82) is 0 Å². The Balaban J connectivity index is 2.08. The Morgan fingerprint density at radius 1 is 1.47 bits per heavy atom. The number of hydrogen-bond acceptors (Lipinski definition) is 3.